The third-order valence-corrected chi connectivity index (χ3v) is 2.84. The summed E-state index contributed by atoms with van der Waals surface area (Å²) < 4.78 is 10.1. The first kappa shape index (κ1) is 12.4. The summed E-state index contributed by atoms with van der Waals surface area (Å²) in [6.45, 7) is 1.26. The molecule has 0 saturated heterocycles. The Morgan fingerprint density at radius 2 is 2.22 bits per heavy atom. The maximum Gasteiger partial charge on any atom is 0.307 e. The van der Waals surface area contributed by atoms with Gasteiger partial charge in [0.15, 0.2) is 0 Å². The second-order valence-corrected chi connectivity index (χ2v) is 3.96. The SMILES string of the molecule is COC(=O)CCN1CCOc2ccccc2C1=O. The molecule has 0 saturated carbocycles. The molecule has 2 rings (SSSR count). The van der Waals surface area contributed by atoms with Crippen molar-refractivity contribution >= 4 is 11.9 Å². The van der Waals surface area contributed by atoms with Crippen LogP contribution in [0.25, 0.3) is 0 Å². The van der Waals surface area contributed by atoms with Crippen LogP contribution < -0.4 is 4.74 Å². The van der Waals surface area contributed by atoms with E-state index in [-0.39, 0.29) is 18.3 Å². The number of amides is 1. The fraction of sp³-hybridized carbons (Fsp3) is 0.385. The number of para-hydroxylation sites is 1. The summed E-state index contributed by atoms with van der Waals surface area (Å²) in [6.07, 6.45) is 0.199. The van der Waals surface area contributed by atoms with Crippen molar-refractivity contribution in [3.05, 3.63) is 29.8 Å². The third-order valence-electron chi connectivity index (χ3n) is 2.84. The monoisotopic (exact) mass is 249 g/mol. The van der Waals surface area contributed by atoms with Gasteiger partial charge in [0.1, 0.15) is 12.4 Å². The molecule has 0 radical (unpaired) electrons. The smallest absolute Gasteiger partial charge is 0.307 e. The molecule has 1 heterocycles. The second-order valence-electron chi connectivity index (χ2n) is 3.96. The minimum atomic E-state index is -0.318. The maximum atomic E-state index is 12.2. The van der Waals surface area contributed by atoms with E-state index >= 15 is 0 Å². The average molecular weight is 249 g/mol. The van der Waals surface area contributed by atoms with Gasteiger partial charge in [-0.1, -0.05) is 12.1 Å². The topological polar surface area (TPSA) is 55.8 Å². The summed E-state index contributed by atoms with van der Waals surface area (Å²) in [7, 11) is 1.34. The zero-order valence-electron chi connectivity index (χ0n) is 10.2. The van der Waals surface area contributed by atoms with E-state index in [0.717, 1.165) is 0 Å². The minimum Gasteiger partial charge on any atom is -0.491 e. The zero-order valence-corrected chi connectivity index (χ0v) is 10.2. The van der Waals surface area contributed by atoms with Crippen LogP contribution in [-0.4, -0.2) is 43.6 Å². The van der Waals surface area contributed by atoms with E-state index in [2.05, 4.69) is 4.74 Å². The van der Waals surface area contributed by atoms with Crippen molar-refractivity contribution < 1.29 is 19.1 Å². The fourth-order valence-corrected chi connectivity index (χ4v) is 1.85. The van der Waals surface area contributed by atoms with Crippen LogP contribution in [0.3, 0.4) is 0 Å². The lowest BCUT2D eigenvalue weighted by atomic mass is 10.2. The molecular weight excluding hydrogens is 234 g/mol. The van der Waals surface area contributed by atoms with Crippen molar-refractivity contribution in [2.45, 2.75) is 6.42 Å². The Bertz CT molecular complexity index is 458. The van der Waals surface area contributed by atoms with Gasteiger partial charge in [0, 0.05) is 6.54 Å². The normalized spacial score (nSPS) is 14.5. The molecule has 5 heteroatoms. The van der Waals surface area contributed by atoms with Crippen LogP contribution in [0.15, 0.2) is 24.3 Å². The molecule has 5 nitrogen and oxygen atoms in total. The molecule has 0 unspecified atom stereocenters. The first-order valence-electron chi connectivity index (χ1n) is 5.80. The summed E-state index contributed by atoms with van der Waals surface area (Å²) in [5, 5.41) is 0. The van der Waals surface area contributed by atoms with Crippen LogP contribution in [-0.2, 0) is 9.53 Å². The highest BCUT2D eigenvalue weighted by Gasteiger charge is 2.23. The van der Waals surface area contributed by atoms with Crippen molar-refractivity contribution in [3.63, 3.8) is 0 Å². The van der Waals surface area contributed by atoms with E-state index in [4.69, 9.17) is 4.74 Å². The van der Waals surface area contributed by atoms with Crippen LogP contribution in [0.4, 0.5) is 0 Å². The Balaban J connectivity index is 2.10. The van der Waals surface area contributed by atoms with Gasteiger partial charge < -0.3 is 14.4 Å². The van der Waals surface area contributed by atoms with Gasteiger partial charge in [-0.2, -0.15) is 0 Å². The predicted molar refractivity (Wildman–Crippen MR) is 64.5 cm³/mol. The fourth-order valence-electron chi connectivity index (χ4n) is 1.85. The molecule has 0 bridgehead atoms. The van der Waals surface area contributed by atoms with Crippen LogP contribution in [0.5, 0.6) is 5.75 Å². The van der Waals surface area contributed by atoms with E-state index in [0.29, 0.717) is 31.0 Å². The van der Waals surface area contributed by atoms with Crippen molar-refractivity contribution in [1.82, 2.24) is 4.90 Å². The van der Waals surface area contributed by atoms with Crippen molar-refractivity contribution in [3.8, 4) is 5.75 Å². The number of hydrogen-bond donors (Lipinski definition) is 0. The predicted octanol–water partition coefficient (Wildman–Crippen LogP) is 1.08. The zero-order chi connectivity index (χ0) is 13.0. The van der Waals surface area contributed by atoms with Gasteiger partial charge >= 0.3 is 5.97 Å². The van der Waals surface area contributed by atoms with Crippen molar-refractivity contribution in [2.75, 3.05) is 26.8 Å². The standard InChI is InChI=1S/C13H15NO4/c1-17-12(15)6-7-14-8-9-18-11-5-3-2-4-10(11)13(14)16/h2-5H,6-9H2,1H3. The number of carbonyl (C=O) groups excluding carboxylic acids is 2. The Morgan fingerprint density at radius 1 is 1.44 bits per heavy atom. The summed E-state index contributed by atoms with van der Waals surface area (Å²) in [6, 6.07) is 7.13. The number of ether oxygens (including phenoxy) is 2. The number of methoxy groups -OCH3 is 1. The van der Waals surface area contributed by atoms with Gasteiger partial charge in [-0.05, 0) is 12.1 Å². The van der Waals surface area contributed by atoms with Gasteiger partial charge in [0.25, 0.3) is 5.91 Å². The van der Waals surface area contributed by atoms with Crippen molar-refractivity contribution in [2.24, 2.45) is 0 Å². The van der Waals surface area contributed by atoms with E-state index in [1.165, 1.54) is 7.11 Å². The molecule has 1 aromatic rings. The highest BCUT2D eigenvalue weighted by Crippen LogP contribution is 2.22. The van der Waals surface area contributed by atoms with E-state index < -0.39 is 0 Å². The van der Waals surface area contributed by atoms with Crippen LogP contribution in [0, 0.1) is 0 Å². The Morgan fingerprint density at radius 3 is 3.00 bits per heavy atom. The molecule has 1 aromatic carbocycles. The summed E-state index contributed by atoms with van der Waals surface area (Å²) in [5.74, 6) is 0.177. The molecule has 1 amide bonds. The van der Waals surface area contributed by atoms with Gasteiger partial charge in [0.05, 0.1) is 25.6 Å². The molecule has 18 heavy (non-hydrogen) atoms. The van der Waals surface area contributed by atoms with Crippen LogP contribution in [0.1, 0.15) is 16.8 Å². The molecule has 0 atom stereocenters. The molecule has 96 valence electrons. The maximum absolute atomic E-state index is 12.2. The molecule has 0 aliphatic carbocycles. The summed E-state index contributed by atoms with van der Waals surface area (Å²) in [4.78, 5) is 24.9. The molecule has 0 spiro atoms. The average Bonchev–Trinajstić information content (AvgIpc) is 2.56. The number of rotatable bonds is 3. The number of esters is 1. The molecule has 0 fully saturated rings. The second kappa shape index (κ2) is 5.53. The first-order chi connectivity index (χ1) is 8.72. The van der Waals surface area contributed by atoms with Gasteiger partial charge in [-0.3, -0.25) is 9.59 Å². The third kappa shape index (κ3) is 2.61. The highest BCUT2D eigenvalue weighted by molar-refractivity contribution is 5.97. The Hall–Kier alpha value is -2.04. The molecule has 1 aliphatic heterocycles. The number of fused-ring (bicyclic) bond motifs is 1. The minimum absolute atomic E-state index is 0.105. The van der Waals surface area contributed by atoms with Crippen molar-refractivity contribution in [1.29, 1.82) is 0 Å². The number of benzene rings is 1. The lowest BCUT2D eigenvalue weighted by Crippen LogP contribution is -2.34. The largest absolute Gasteiger partial charge is 0.491 e. The van der Waals surface area contributed by atoms with Crippen LogP contribution in [0.2, 0.25) is 0 Å². The summed E-state index contributed by atoms with van der Waals surface area (Å²) >= 11 is 0. The quantitative estimate of drug-likeness (QED) is 0.752. The number of hydrogen-bond acceptors (Lipinski definition) is 4. The number of nitrogens with zero attached hydrogens (tertiary/aromatic N) is 1. The van der Waals surface area contributed by atoms with Crippen LogP contribution >= 0.6 is 0 Å². The van der Waals surface area contributed by atoms with Gasteiger partial charge in [0.2, 0.25) is 0 Å². The summed E-state index contributed by atoms with van der Waals surface area (Å²) in [5.41, 5.74) is 0.542. The van der Waals surface area contributed by atoms with E-state index in [9.17, 15) is 9.59 Å². The molecule has 1 aliphatic rings. The highest BCUT2D eigenvalue weighted by atomic mass is 16.5. The van der Waals surface area contributed by atoms with E-state index in [1.54, 1.807) is 23.1 Å². The Kier molecular flexibility index (Phi) is 3.82. The first-order valence-corrected chi connectivity index (χ1v) is 5.80. The van der Waals surface area contributed by atoms with Gasteiger partial charge in [-0.15, -0.1) is 0 Å². The van der Waals surface area contributed by atoms with Gasteiger partial charge in [-0.25, -0.2) is 0 Å². The lowest BCUT2D eigenvalue weighted by molar-refractivity contribution is -0.140. The molecule has 0 N–H and O–H groups in total. The molecular formula is C13H15NO4. The molecule has 0 aromatic heterocycles. The number of carbonyl (C=O) groups is 2. The van der Waals surface area contributed by atoms with E-state index in [1.807, 2.05) is 6.07 Å². The lowest BCUT2D eigenvalue weighted by Gasteiger charge is -2.18. The Labute approximate surface area is 105 Å².